The molecule has 11 nitrogen and oxygen atoms in total. The SMILES string of the molecule is CS(=O)(=O)n1cc(-n2ccc(=O)c(COc3ccc4ncc(C(=O)O)cc4c3)n2)cn1.[LiH]. The van der Waals surface area contributed by atoms with Gasteiger partial charge in [0, 0.05) is 23.8 Å². The third-order valence-electron chi connectivity index (χ3n) is 4.31. The number of carboxylic acid groups (broad SMARTS) is 1. The topological polar surface area (TPSA) is 146 Å². The second kappa shape index (κ2) is 8.95. The van der Waals surface area contributed by atoms with Gasteiger partial charge in [0.25, 0.3) is 10.0 Å². The predicted molar refractivity (Wildman–Crippen MR) is 116 cm³/mol. The summed E-state index contributed by atoms with van der Waals surface area (Å²) in [6.07, 6.45) is 6.26. The van der Waals surface area contributed by atoms with Crippen molar-refractivity contribution in [2.45, 2.75) is 6.61 Å². The van der Waals surface area contributed by atoms with E-state index >= 15 is 0 Å². The zero-order valence-electron chi connectivity index (χ0n) is 16.0. The van der Waals surface area contributed by atoms with Crippen molar-refractivity contribution in [3.05, 3.63) is 76.6 Å². The number of carbonyl (C=O) groups is 1. The van der Waals surface area contributed by atoms with Gasteiger partial charge < -0.3 is 9.84 Å². The number of carboxylic acids is 1. The summed E-state index contributed by atoms with van der Waals surface area (Å²) in [5.74, 6) is -0.688. The molecule has 3 aromatic heterocycles. The average Bonchev–Trinajstić information content (AvgIpc) is 3.23. The van der Waals surface area contributed by atoms with Crippen LogP contribution in [0.5, 0.6) is 5.75 Å². The van der Waals surface area contributed by atoms with Crippen LogP contribution in [0.2, 0.25) is 0 Å². The number of ether oxygens (including phenoxy) is 1. The standard InChI is InChI=1S/C19H15N5O6S.Li.H/c1-31(28,29)24-10-14(9-21-24)23-5-4-18(25)17(22-23)11-30-15-2-3-16-12(7-15)6-13(8-20-16)19(26)27;;/h2-10H,11H2,1H3,(H,26,27);;. The van der Waals surface area contributed by atoms with Crippen LogP contribution in [0.15, 0.2) is 59.9 Å². The summed E-state index contributed by atoms with van der Waals surface area (Å²) in [6, 6.07) is 7.70. The van der Waals surface area contributed by atoms with E-state index in [2.05, 4.69) is 15.2 Å². The Morgan fingerprint density at radius 1 is 1.19 bits per heavy atom. The molecule has 13 heteroatoms. The Kier molecular flexibility index (Phi) is 6.49. The molecule has 0 radical (unpaired) electrons. The van der Waals surface area contributed by atoms with E-state index in [0.29, 0.717) is 22.3 Å². The van der Waals surface area contributed by atoms with Gasteiger partial charge in [-0.15, -0.1) is 0 Å². The average molecular weight is 449 g/mol. The minimum atomic E-state index is -3.54. The fourth-order valence-electron chi connectivity index (χ4n) is 2.75. The third kappa shape index (κ3) is 4.88. The van der Waals surface area contributed by atoms with Crippen molar-refractivity contribution in [1.29, 1.82) is 0 Å². The van der Waals surface area contributed by atoms with Crippen molar-refractivity contribution in [2.75, 3.05) is 6.26 Å². The first-order valence-electron chi connectivity index (χ1n) is 8.81. The van der Waals surface area contributed by atoms with E-state index in [1.807, 2.05) is 0 Å². The first-order chi connectivity index (χ1) is 14.7. The molecule has 1 aromatic carbocycles. The van der Waals surface area contributed by atoms with Crippen molar-refractivity contribution in [2.24, 2.45) is 0 Å². The number of rotatable bonds is 6. The molecule has 0 aliphatic carbocycles. The van der Waals surface area contributed by atoms with Gasteiger partial charge in [-0.3, -0.25) is 9.78 Å². The van der Waals surface area contributed by atoms with Crippen LogP contribution in [0.1, 0.15) is 16.1 Å². The predicted octanol–water partition coefficient (Wildman–Crippen LogP) is 0.414. The molecule has 0 aliphatic heterocycles. The molecule has 0 saturated carbocycles. The van der Waals surface area contributed by atoms with Crippen LogP contribution >= 0.6 is 0 Å². The molecule has 1 N–H and O–H groups in total. The van der Waals surface area contributed by atoms with Crippen molar-refractivity contribution in [3.8, 4) is 11.4 Å². The Morgan fingerprint density at radius 2 is 1.97 bits per heavy atom. The number of benzene rings is 1. The summed E-state index contributed by atoms with van der Waals surface area (Å²) in [4.78, 5) is 27.4. The van der Waals surface area contributed by atoms with Gasteiger partial charge in [-0.25, -0.2) is 17.9 Å². The van der Waals surface area contributed by atoms with Gasteiger partial charge in [-0.05, 0) is 24.3 Å². The fourth-order valence-corrected chi connectivity index (χ4v) is 3.27. The second-order valence-corrected chi connectivity index (χ2v) is 8.42. The van der Waals surface area contributed by atoms with E-state index in [4.69, 9.17) is 9.84 Å². The van der Waals surface area contributed by atoms with Crippen LogP contribution in [0.3, 0.4) is 0 Å². The van der Waals surface area contributed by atoms with E-state index in [0.717, 1.165) is 10.3 Å². The number of hydrogen-bond donors (Lipinski definition) is 1. The molecule has 0 atom stereocenters. The Morgan fingerprint density at radius 3 is 2.66 bits per heavy atom. The molecule has 4 aromatic rings. The van der Waals surface area contributed by atoms with Crippen molar-refractivity contribution in [1.82, 2.24) is 24.0 Å². The summed E-state index contributed by atoms with van der Waals surface area (Å²) in [7, 11) is -3.54. The van der Waals surface area contributed by atoms with Crippen LogP contribution < -0.4 is 10.2 Å². The molecule has 0 aliphatic rings. The van der Waals surface area contributed by atoms with Crippen molar-refractivity contribution >= 4 is 45.8 Å². The number of pyridine rings is 1. The maximum absolute atomic E-state index is 12.2. The van der Waals surface area contributed by atoms with Gasteiger partial charge in [0.05, 0.1) is 29.7 Å². The molecule has 0 bridgehead atoms. The minimum absolute atomic E-state index is 0. The monoisotopic (exact) mass is 449 g/mol. The van der Waals surface area contributed by atoms with Crippen LogP contribution in [0.4, 0.5) is 0 Å². The van der Waals surface area contributed by atoms with Gasteiger partial charge in [0.1, 0.15) is 23.7 Å². The van der Waals surface area contributed by atoms with E-state index in [1.54, 1.807) is 18.2 Å². The van der Waals surface area contributed by atoms with Crippen molar-refractivity contribution < 1.29 is 23.1 Å². The fraction of sp³-hybridized carbons (Fsp3) is 0.105. The zero-order valence-corrected chi connectivity index (χ0v) is 16.9. The summed E-state index contributed by atoms with van der Waals surface area (Å²) in [5.41, 5.74) is 0.728. The van der Waals surface area contributed by atoms with E-state index in [1.165, 1.54) is 41.6 Å². The van der Waals surface area contributed by atoms with E-state index in [-0.39, 0.29) is 42.2 Å². The first-order valence-corrected chi connectivity index (χ1v) is 10.7. The zero-order chi connectivity index (χ0) is 22.2. The van der Waals surface area contributed by atoms with Gasteiger partial charge in [0.15, 0.2) is 0 Å². The van der Waals surface area contributed by atoms with Crippen molar-refractivity contribution in [3.63, 3.8) is 0 Å². The van der Waals surface area contributed by atoms with Crippen LogP contribution in [-0.4, -0.2) is 68.6 Å². The molecule has 32 heavy (non-hydrogen) atoms. The number of hydrogen-bond acceptors (Lipinski definition) is 8. The number of nitrogens with zero attached hydrogens (tertiary/aromatic N) is 5. The van der Waals surface area contributed by atoms with Gasteiger partial charge >= 0.3 is 24.8 Å². The second-order valence-electron chi connectivity index (χ2n) is 6.58. The van der Waals surface area contributed by atoms with E-state index < -0.39 is 16.0 Å². The van der Waals surface area contributed by atoms with Gasteiger partial charge in [-0.2, -0.15) is 14.3 Å². The number of fused-ring (bicyclic) bond motifs is 1. The number of aromatic nitrogens is 5. The summed E-state index contributed by atoms with van der Waals surface area (Å²) in [5, 5.41) is 17.6. The molecule has 3 heterocycles. The Hall–Kier alpha value is -3.46. The Labute approximate surface area is 193 Å². The summed E-state index contributed by atoms with van der Waals surface area (Å²) in [6.45, 7) is -0.155. The molecular formula is C19H16LiN5O6S. The Balaban J connectivity index is 0.00000289. The Bertz CT molecular complexity index is 1480. The van der Waals surface area contributed by atoms with Crippen LogP contribution in [0, 0.1) is 0 Å². The van der Waals surface area contributed by atoms with Gasteiger partial charge in [0.2, 0.25) is 5.43 Å². The van der Waals surface area contributed by atoms with Gasteiger partial charge in [-0.1, -0.05) is 0 Å². The maximum atomic E-state index is 12.2. The normalized spacial score (nSPS) is 11.2. The molecule has 0 saturated heterocycles. The number of aromatic carboxylic acids is 1. The molecule has 0 unspecified atom stereocenters. The molecule has 0 amide bonds. The summed E-state index contributed by atoms with van der Waals surface area (Å²) >= 11 is 0. The van der Waals surface area contributed by atoms with E-state index in [9.17, 15) is 18.0 Å². The molecular weight excluding hydrogens is 433 g/mol. The molecule has 0 fully saturated rings. The van der Waals surface area contributed by atoms with Crippen LogP contribution in [-0.2, 0) is 16.6 Å². The molecule has 4 rings (SSSR count). The molecule has 160 valence electrons. The molecule has 0 spiro atoms. The first kappa shape index (κ1) is 23.2. The summed E-state index contributed by atoms with van der Waals surface area (Å²) < 4.78 is 30.9. The van der Waals surface area contributed by atoms with Crippen LogP contribution in [0.25, 0.3) is 16.6 Å². The quantitative estimate of drug-likeness (QED) is 0.414. The third-order valence-corrected chi connectivity index (χ3v) is 5.19.